The molecule has 5 rings (SSSR count). The van der Waals surface area contributed by atoms with E-state index >= 15 is 0 Å². The van der Waals surface area contributed by atoms with Crippen molar-refractivity contribution >= 4 is 32.6 Å². The molecule has 194 valence electrons. The molecule has 0 amide bonds. The van der Waals surface area contributed by atoms with Gasteiger partial charge in [-0.25, -0.2) is 4.79 Å². The van der Waals surface area contributed by atoms with Gasteiger partial charge in [0, 0.05) is 18.0 Å². The van der Waals surface area contributed by atoms with Gasteiger partial charge in [-0.05, 0) is 47.9 Å². The Kier molecular flexibility index (Phi) is 7.02. The Morgan fingerprint density at radius 3 is 2.42 bits per heavy atom. The summed E-state index contributed by atoms with van der Waals surface area (Å²) in [6, 6.07) is 26.9. The topological polar surface area (TPSA) is 94.5 Å². The van der Waals surface area contributed by atoms with Crippen LogP contribution in [0.2, 0.25) is 0 Å². The maximum atomic E-state index is 13.0. The van der Waals surface area contributed by atoms with Crippen LogP contribution in [-0.2, 0) is 14.8 Å². The smallest absolute Gasteiger partial charge is 0.338 e. The second-order valence-electron chi connectivity index (χ2n) is 8.81. The summed E-state index contributed by atoms with van der Waals surface area (Å²) in [6.07, 6.45) is -0.744. The molecule has 38 heavy (non-hydrogen) atoms. The average Bonchev–Trinajstić information content (AvgIpc) is 3.22. The number of carbonyl (C=O) groups excluding carboxylic acids is 1. The normalized spacial score (nSPS) is 14.3. The Morgan fingerprint density at radius 1 is 0.921 bits per heavy atom. The molecule has 0 saturated carbocycles. The molecular weight excluding hydrogens is 504 g/mol. The van der Waals surface area contributed by atoms with E-state index in [1.54, 1.807) is 61.5 Å². The first-order valence-corrected chi connectivity index (χ1v) is 13.4. The third-order valence-corrected chi connectivity index (χ3v) is 7.55. The van der Waals surface area contributed by atoms with E-state index in [2.05, 4.69) is 4.40 Å². The fraction of sp³-hybridized carbons (Fsp3) is 0.172. The molecule has 0 N–H and O–H groups in total. The summed E-state index contributed by atoms with van der Waals surface area (Å²) in [5.41, 5.74) is 0.861. The molecule has 0 fully saturated rings. The fourth-order valence-electron chi connectivity index (χ4n) is 4.33. The lowest BCUT2D eigenvalue weighted by Crippen LogP contribution is -2.39. The second kappa shape index (κ2) is 10.5. The summed E-state index contributed by atoms with van der Waals surface area (Å²) in [5.74, 6) is 1.03. The third kappa shape index (κ3) is 5.19. The number of hydrogen-bond donors (Lipinski definition) is 0. The average molecular weight is 531 g/mol. The van der Waals surface area contributed by atoms with Gasteiger partial charge >= 0.3 is 5.97 Å². The van der Waals surface area contributed by atoms with Crippen molar-refractivity contribution in [2.75, 3.05) is 27.3 Å². The number of methoxy groups -OCH3 is 1. The van der Waals surface area contributed by atoms with Crippen molar-refractivity contribution in [2.45, 2.75) is 11.0 Å². The minimum atomic E-state index is -3.79. The zero-order valence-electron chi connectivity index (χ0n) is 20.9. The highest BCUT2D eigenvalue weighted by Gasteiger charge is 2.32. The molecule has 4 aromatic carbocycles. The molecule has 8 nitrogen and oxygen atoms in total. The van der Waals surface area contributed by atoms with E-state index in [0.717, 1.165) is 10.8 Å². The standard InChI is InChI=1S/C29H26N2O6S/c1-31(28-25-11-5-6-13-27(25)38(33,34)30-28)18-23(37-29(32)21-14-16-22(35-2)17-15-21)19-36-26-12-7-9-20-8-3-4-10-24(20)26/h3-17,23H,18-19H2,1-2H3. The van der Waals surface area contributed by atoms with Crippen LogP contribution in [0.5, 0.6) is 11.5 Å². The molecule has 0 spiro atoms. The van der Waals surface area contributed by atoms with Gasteiger partial charge in [0.1, 0.15) is 23.0 Å². The SMILES string of the molecule is COc1ccc(C(=O)OC(COc2cccc3ccccc23)CN(C)C2=NS(=O)(=O)c3ccccc32)cc1. The zero-order chi connectivity index (χ0) is 26.7. The number of hydrogen-bond acceptors (Lipinski definition) is 7. The summed E-state index contributed by atoms with van der Waals surface area (Å²) < 4.78 is 46.3. The molecule has 0 radical (unpaired) electrons. The van der Waals surface area contributed by atoms with E-state index in [4.69, 9.17) is 14.2 Å². The molecule has 1 aliphatic rings. The molecule has 1 heterocycles. The Labute approximate surface area is 221 Å². The van der Waals surface area contributed by atoms with Crippen LogP contribution in [0.25, 0.3) is 10.8 Å². The highest BCUT2D eigenvalue weighted by Crippen LogP contribution is 2.28. The molecule has 1 atom stereocenters. The molecule has 1 unspecified atom stereocenters. The van der Waals surface area contributed by atoms with Crippen LogP contribution in [0.4, 0.5) is 0 Å². The van der Waals surface area contributed by atoms with Gasteiger partial charge in [0.15, 0.2) is 11.9 Å². The summed E-state index contributed by atoms with van der Waals surface area (Å²) in [7, 11) is -0.532. The number of likely N-dealkylation sites (N-methyl/N-ethyl adjacent to an activating group) is 1. The highest BCUT2D eigenvalue weighted by molar-refractivity contribution is 7.90. The Balaban J connectivity index is 1.39. The van der Waals surface area contributed by atoms with Crippen molar-refractivity contribution in [3.63, 3.8) is 0 Å². The lowest BCUT2D eigenvalue weighted by molar-refractivity contribution is 0.0132. The molecule has 1 aliphatic heterocycles. The van der Waals surface area contributed by atoms with E-state index in [9.17, 15) is 13.2 Å². The van der Waals surface area contributed by atoms with E-state index in [1.165, 1.54) is 6.07 Å². The number of nitrogens with zero attached hydrogens (tertiary/aromatic N) is 2. The van der Waals surface area contributed by atoms with Crippen LogP contribution in [0.15, 0.2) is 100 Å². The molecule has 0 aliphatic carbocycles. The van der Waals surface area contributed by atoms with Crippen LogP contribution in [0, 0.1) is 0 Å². The van der Waals surface area contributed by atoms with Crippen molar-refractivity contribution in [3.8, 4) is 11.5 Å². The van der Waals surface area contributed by atoms with Crippen LogP contribution >= 0.6 is 0 Å². The van der Waals surface area contributed by atoms with Crippen molar-refractivity contribution in [3.05, 3.63) is 102 Å². The number of rotatable bonds is 8. The van der Waals surface area contributed by atoms with Crippen LogP contribution in [0.1, 0.15) is 15.9 Å². The number of sulfonamides is 1. The number of fused-ring (bicyclic) bond motifs is 2. The van der Waals surface area contributed by atoms with Gasteiger partial charge in [0.25, 0.3) is 10.0 Å². The van der Waals surface area contributed by atoms with Gasteiger partial charge in [-0.15, -0.1) is 4.40 Å². The van der Waals surface area contributed by atoms with Crippen molar-refractivity contribution in [1.29, 1.82) is 0 Å². The van der Waals surface area contributed by atoms with Crippen molar-refractivity contribution in [2.24, 2.45) is 4.40 Å². The van der Waals surface area contributed by atoms with E-state index in [0.29, 0.717) is 22.6 Å². The van der Waals surface area contributed by atoms with E-state index in [-0.39, 0.29) is 23.9 Å². The summed E-state index contributed by atoms with van der Waals surface area (Å²) >= 11 is 0. The molecule has 0 bridgehead atoms. The lowest BCUT2D eigenvalue weighted by Gasteiger charge is -2.26. The Bertz CT molecular complexity index is 1610. The number of esters is 1. The van der Waals surface area contributed by atoms with E-state index in [1.807, 2.05) is 42.5 Å². The number of ether oxygens (including phenoxy) is 3. The number of carbonyl (C=O) groups is 1. The molecule has 0 saturated heterocycles. The molecular formula is C29H26N2O6S. The lowest BCUT2D eigenvalue weighted by atomic mass is 10.1. The van der Waals surface area contributed by atoms with Crippen LogP contribution < -0.4 is 9.47 Å². The van der Waals surface area contributed by atoms with Crippen molar-refractivity contribution in [1.82, 2.24) is 4.90 Å². The first-order chi connectivity index (χ1) is 18.4. The molecule has 4 aromatic rings. The van der Waals surface area contributed by atoms with Gasteiger partial charge in [-0.1, -0.05) is 48.5 Å². The maximum Gasteiger partial charge on any atom is 0.338 e. The van der Waals surface area contributed by atoms with Gasteiger partial charge < -0.3 is 19.1 Å². The highest BCUT2D eigenvalue weighted by atomic mass is 32.2. The Hall–Kier alpha value is -4.37. The quantitative estimate of drug-likeness (QED) is 0.309. The maximum absolute atomic E-state index is 13.0. The molecule has 9 heteroatoms. The zero-order valence-corrected chi connectivity index (χ0v) is 21.7. The monoisotopic (exact) mass is 530 g/mol. The minimum absolute atomic E-state index is 0.0436. The summed E-state index contributed by atoms with van der Waals surface area (Å²) in [5, 5.41) is 1.96. The first-order valence-electron chi connectivity index (χ1n) is 12.0. The van der Waals surface area contributed by atoms with Gasteiger partial charge in [0.2, 0.25) is 0 Å². The summed E-state index contributed by atoms with van der Waals surface area (Å²) in [4.78, 5) is 14.8. The predicted octanol–water partition coefficient (Wildman–Crippen LogP) is 4.53. The summed E-state index contributed by atoms with van der Waals surface area (Å²) in [6.45, 7) is 0.192. The second-order valence-corrected chi connectivity index (χ2v) is 10.4. The van der Waals surface area contributed by atoms with Crippen LogP contribution in [0.3, 0.4) is 0 Å². The Morgan fingerprint density at radius 2 is 1.63 bits per heavy atom. The molecule has 0 aromatic heterocycles. The minimum Gasteiger partial charge on any atom is -0.497 e. The van der Waals surface area contributed by atoms with E-state index < -0.39 is 22.1 Å². The number of benzene rings is 4. The largest absolute Gasteiger partial charge is 0.497 e. The first kappa shape index (κ1) is 25.3. The van der Waals surface area contributed by atoms with Gasteiger partial charge in [-0.2, -0.15) is 8.42 Å². The van der Waals surface area contributed by atoms with Gasteiger partial charge in [-0.3, -0.25) is 0 Å². The van der Waals surface area contributed by atoms with Crippen molar-refractivity contribution < 1.29 is 27.4 Å². The third-order valence-electron chi connectivity index (χ3n) is 6.23. The van der Waals surface area contributed by atoms with Gasteiger partial charge in [0.05, 0.1) is 19.2 Å². The fourth-order valence-corrected chi connectivity index (χ4v) is 5.58. The van der Waals surface area contributed by atoms with Crippen LogP contribution in [-0.4, -0.2) is 58.5 Å². The predicted molar refractivity (Wildman–Crippen MR) is 144 cm³/mol. The number of amidine groups is 1.